The summed E-state index contributed by atoms with van der Waals surface area (Å²) in [5, 5.41) is 6.93. The van der Waals surface area contributed by atoms with Gasteiger partial charge in [-0.05, 0) is 51.7 Å². The number of hydrogen-bond acceptors (Lipinski definition) is 3. The lowest BCUT2D eigenvalue weighted by molar-refractivity contribution is -0.135. The number of imidazole rings is 1. The molecule has 2 N–H and O–H groups in total. The highest BCUT2D eigenvalue weighted by Gasteiger charge is 2.31. The van der Waals surface area contributed by atoms with Crippen molar-refractivity contribution in [3.05, 3.63) is 30.1 Å². The van der Waals surface area contributed by atoms with E-state index in [0.717, 1.165) is 75.7 Å². The molecule has 1 amide bonds. The van der Waals surface area contributed by atoms with Crippen LogP contribution >= 0.6 is 0 Å². The van der Waals surface area contributed by atoms with E-state index in [-0.39, 0.29) is 12.0 Å². The van der Waals surface area contributed by atoms with Crippen LogP contribution in [0.5, 0.6) is 0 Å². The Balaban J connectivity index is 1.27. The second kappa shape index (κ2) is 10.8. The summed E-state index contributed by atoms with van der Waals surface area (Å²) in [6, 6.07) is 8.57. The number of fused-ring (bicyclic) bond motifs is 1. The molecule has 32 heavy (non-hydrogen) atoms. The van der Waals surface area contributed by atoms with Crippen LogP contribution in [0.15, 0.2) is 29.3 Å². The van der Waals surface area contributed by atoms with Crippen molar-refractivity contribution in [2.75, 3.05) is 26.2 Å². The molecule has 0 spiro atoms. The molecule has 1 unspecified atom stereocenters. The van der Waals surface area contributed by atoms with E-state index in [1.165, 1.54) is 24.8 Å². The molecule has 174 valence electrons. The van der Waals surface area contributed by atoms with Gasteiger partial charge in [0.25, 0.3) is 0 Å². The van der Waals surface area contributed by atoms with E-state index >= 15 is 0 Å². The third-order valence-corrected chi connectivity index (χ3v) is 6.79. The Bertz CT molecular complexity index is 930. The zero-order valence-corrected chi connectivity index (χ0v) is 19.6. The summed E-state index contributed by atoms with van der Waals surface area (Å²) in [5.41, 5.74) is 2.24. The average molecular weight is 439 g/mol. The van der Waals surface area contributed by atoms with Crippen LogP contribution < -0.4 is 10.6 Å². The first-order valence-corrected chi connectivity index (χ1v) is 12.4. The van der Waals surface area contributed by atoms with Gasteiger partial charge in [-0.15, -0.1) is 0 Å². The van der Waals surface area contributed by atoms with Gasteiger partial charge in [0.2, 0.25) is 5.91 Å². The molecule has 0 radical (unpaired) electrons. The van der Waals surface area contributed by atoms with Gasteiger partial charge in [0.15, 0.2) is 5.96 Å². The molecule has 2 heterocycles. The maximum Gasteiger partial charge on any atom is 0.225 e. The van der Waals surface area contributed by atoms with Crippen molar-refractivity contribution in [3.8, 4) is 0 Å². The van der Waals surface area contributed by atoms with Crippen molar-refractivity contribution in [1.82, 2.24) is 25.1 Å². The largest absolute Gasteiger partial charge is 0.357 e. The fourth-order valence-electron chi connectivity index (χ4n) is 5.10. The second-order valence-corrected chi connectivity index (χ2v) is 9.16. The number of aromatic nitrogens is 2. The number of rotatable bonds is 7. The molecule has 1 atom stereocenters. The smallest absolute Gasteiger partial charge is 0.225 e. The maximum atomic E-state index is 12.8. The Hall–Kier alpha value is -2.57. The van der Waals surface area contributed by atoms with Crippen molar-refractivity contribution < 1.29 is 4.79 Å². The lowest BCUT2D eigenvalue weighted by Crippen LogP contribution is -2.45. The number of nitrogens with one attached hydrogen (secondary N) is 2. The van der Waals surface area contributed by atoms with Crippen LogP contribution in [0, 0.1) is 12.8 Å². The number of guanidine groups is 1. The van der Waals surface area contributed by atoms with Gasteiger partial charge in [0.05, 0.1) is 11.0 Å². The quantitative estimate of drug-likeness (QED) is 0.394. The normalized spacial score (nSPS) is 20.1. The summed E-state index contributed by atoms with van der Waals surface area (Å²) in [6.07, 6.45) is 7.78. The minimum absolute atomic E-state index is 0.257. The van der Waals surface area contributed by atoms with Crippen LogP contribution in [0.25, 0.3) is 11.0 Å². The average Bonchev–Trinajstić information content (AvgIpc) is 3.40. The highest BCUT2D eigenvalue weighted by molar-refractivity contribution is 5.81. The van der Waals surface area contributed by atoms with Gasteiger partial charge in [-0.25, -0.2) is 4.98 Å². The summed E-state index contributed by atoms with van der Waals surface area (Å²) in [5.74, 6) is 2.54. The summed E-state index contributed by atoms with van der Waals surface area (Å²) < 4.78 is 2.27. The summed E-state index contributed by atoms with van der Waals surface area (Å²) >= 11 is 0. The molecule has 7 nitrogen and oxygen atoms in total. The number of para-hydroxylation sites is 2. The number of aliphatic imine (C=N–C) groups is 1. The van der Waals surface area contributed by atoms with Crippen LogP contribution in [0.4, 0.5) is 0 Å². The van der Waals surface area contributed by atoms with E-state index < -0.39 is 0 Å². The molecule has 1 aromatic carbocycles. The molecular formula is C25H38N6O. The van der Waals surface area contributed by atoms with Crippen LogP contribution in [0.2, 0.25) is 0 Å². The van der Waals surface area contributed by atoms with Gasteiger partial charge in [-0.1, -0.05) is 31.4 Å². The van der Waals surface area contributed by atoms with Gasteiger partial charge in [0.1, 0.15) is 5.82 Å². The van der Waals surface area contributed by atoms with E-state index in [1.807, 2.05) is 6.07 Å². The molecule has 1 aliphatic heterocycles. The van der Waals surface area contributed by atoms with Gasteiger partial charge < -0.3 is 20.1 Å². The van der Waals surface area contributed by atoms with Crippen LogP contribution in [0.3, 0.4) is 0 Å². The number of amides is 1. The molecule has 4 rings (SSSR count). The fourth-order valence-corrected chi connectivity index (χ4v) is 5.10. The zero-order valence-electron chi connectivity index (χ0n) is 19.6. The molecule has 1 saturated heterocycles. The second-order valence-electron chi connectivity index (χ2n) is 9.16. The Morgan fingerprint density at radius 2 is 2.00 bits per heavy atom. The first-order valence-electron chi connectivity index (χ1n) is 12.4. The minimum atomic E-state index is 0.257. The Labute approximate surface area is 191 Å². The highest BCUT2D eigenvalue weighted by atomic mass is 16.2. The number of aryl methyl sites for hydroxylation is 2. The van der Waals surface area contributed by atoms with Crippen molar-refractivity contribution in [3.63, 3.8) is 0 Å². The summed E-state index contributed by atoms with van der Waals surface area (Å²) in [6.45, 7) is 8.29. The fraction of sp³-hybridized carbons (Fsp3) is 0.640. The number of nitrogens with zero attached hydrogens (tertiary/aromatic N) is 4. The molecule has 7 heteroatoms. The van der Waals surface area contributed by atoms with E-state index in [1.54, 1.807) is 0 Å². The monoisotopic (exact) mass is 438 g/mol. The van der Waals surface area contributed by atoms with E-state index in [9.17, 15) is 4.79 Å². The molecule has 1 aromatic heterocycles. The maximum absolute atomic E-state index is 12.8. The molecule has 2 fully saturated rings. The zero-order chi connectivity index (χ0) is 22.3. The number of benzene rings is 1. The topological polar surface area (TPSA) is 74.6 Å². The SMILES string of the molecule is CCNC(=NCCCn1c(C)nc2ccccc21)NC1CCN(C(=O)C2CCCCC2)C1. The lowest BCUT2D eigenvalue weighted by Gasteiger charge is -2.26. The molecule has 2 aromatic rings. The van der Waals surface area contributed by atoms with Crippen molar-refractivity contribution in [2.24, 2.45) is 10.9 Å². The van der Waals surface area contributed by atoms with Crippen LogP contribution in [-0.2, 0) is 11.3 Å². The Kier molecular flexibility index (Phi) is 7.66. The number of likely N-dealkylation sites (tertiary alicyclic amines) is 1. The van der Waals surface area contributed by atoms with Gasteiger partial charge >= 0.3 is 0 Å². The van der Waals surface area contributed by atoms with Gasteiger partial charge in [-0.3, -0.25) is 9.79 Å². The molecule has 1 aliphatic carbocycles. The van der Waals surface area contributed by atoms with Crippen molar-refractivity contribution in [2.45, 2.75) is 71.4 Å². The standard InChI is InChI=1S/C25H38N6O/c1-3-26-25(27-15-9-16-31-19(2)28-22-12-7-8-13-23(22)31)29-21-14-17-30(18-21)24(32)20-10-5-4-6-11-20/h7-8,12-13,20-21H,3-6,9-11,14-18H2,1-2H3,(H2,26,27,29). The lowest BCUT2D eigenvalue weighted by atomic mass is 9.88. The van der Waals surface area contributed by atoms with Crippen LogP contribution in [-0.4, -0.2) is 58.5 Å². The number of carbonyl (C=O) groups is 1. The van der Waals surface area contributed by atoms with E-state index in [4.69, 9.17) is 4.99 Å². The highest BCUT2D eigenvalue weighted by Crippen LogP contribution is 2.26. The summed E-state index contributed by atoms with van der Waals surface area (Å²) in [7, 11) is 0. The molecule has 0 bridgehead atoms. The van der Waals surface area contributed by atoms with E-state index in [0.29, 0.717) is 5.91 Å². The predicted molar refractivity (Wildman–Crippen MR) is 130 cm³/mol. The minimum Gasteiger partial charge on any atom is -0.357 e. The van der Waals surface area contributed by atoms with Crippen molar-refractivity contribution in [1.29, 1.82) is 0 Å². The molecule has 1 saturated carbocycles. The number of hydrogen-bond donors (Lipinski definition) is 2. The first kappa shape index (κ1) is 22.6. The van der Waals surface area contributed by atoms with Gasteiger partial charge in [-0.2, -0.15) is 0 Å². The van der Waals surface area contributed by atoms with Gasteiger partial charge in [0, 0.05) is 44.7 Å². The third kappa shape index (κ3) is 5.43. The Morgan fingerprint density at radius 1 is 1.19 bits per heavy atom. The summed E-state index contributed by atoms with van der Waals surface area (Å²) in [4.78, 5) is 24.4. The predicted octanol–water partition coefficient (Wildman–Crippen LogP) is 3.47. The van der Waals surface area contributed by atoms with Crippen LogP contribution in [0.1, 0.15) is 57.7 Å². The first-order chi connectivity index (χ1) is 15.7. The van der Waals surface area contributed by atoms with Crippen molar-refractivity contribution >= 4 is 22.9 Å². The van der Waals surface area contributed by atoms with E-state index in [2.05, 4.69) is 57.1 Å². The third-order valence-electron chi connectivity index (χ3n) is 6.79. The number of carbonyl (C=O) groups excluding carboxylic acids is 1. The Morgan fingerprint density at radius 3 is 2.81 bits per heavy atom. The molecule has 2 aliphatic rings. The molecular weight excluding hydrogens is 400 g/mol.